The van der Waals surface area contributed by atoms with Crippen LogP contribution in [0.4, 0.5) is 0 Å². The lowest BCUT2D eigenvalue weighted by Gasteiger charge is -2.16. The average molecular weight is 173 g/mol. The van der Waals surface area contributed by atoms with E-state index in [-0.39, 0.29) is 6.29 Å². The number of ether oxygens (including phenoxy) is 2. The van der Waals surface area contributed by atoms with Gasteiger partial charge in [-0.3, -0.25) is 0 Å². The topological polar surface area (TPSA) is 18.5 Å². The quantitative estimate of drug-likeness (QED) is 0.415. The molecule has 2 nitrogen and oxygen atoms in total. The fraction of sp³-hybridized carbons (Fsp3) is 0.900. The second kappa shape index (κ2) is 9.01. The van der Waals surface area contributed by atoms with Crippen molar-refractivity contribution in [3.8, 4) is 0 Å². The molecule has 0 aromatic rings. The molecule has 0 fully saturated rings. The van der Waals surface area contributed by atoms with Gasteiger partial charge in [-0.2, -0.15) is 0 Å². The number of hydrogen-bond acceptors (Lipinski definition) is 2. The lowest BCUT2D eigenvalue weighted by atomic mass is 10.3. The molecule has 0 aliphatic rings. The molecular formula is C10H21O2. The largest absolute Gasteiger partial charge is 0.353 e. The van der Waals surface area contributed by atoms with Crippen LogP contribution in [0.5, 0.6) is 0 Å². The third-order valence-corrected chi connectivity index (χ3v) is 1.53. The molecule has 0 heterocycles. The Bertz CT molecular complexity index is 77.9. The first-order chi connectivity index (χ1) is 5.85. The van der Waals surface area contributed by atoms with Crippen LogP contribution in [0.3, 0.4) is 0 Å². The van der Waals surface area contributed by atoms with Gasteiger partial charge in [0, 0.05) is 6.61 Å². The summed E-state index contributed by atoms with van der Waals surface area (Å²) in [5, 5.41) is 0. The molecule has 0 amide bonds. The van der Waals surface area contributed by atoms with Gasteiger partial charge in [0.1, 0.15) is 0 Å². The molecule has 12 heavy (non-hydrogen) atoms. The monoisotopic (exact) mass is 173 g/mol. The molecule has 0 saturated heterocycles. The molecule has 1 unspecified atom stereocenters. The normalized spacial score (nSPS) is 13.2. The molecule has 0 spiro atoms. The zero-order chi connectivity index (χ0) is 9.23. The minimum atomic E-state index is -0.0217. The van der Waals surface area contributed by atoms with E-state index in [0.717, 1.165) is 32.3 Å². The predicted octanol–water partition coefficient (Wildman–Crippen LogP) is 3.13. The van der Waals surface area contributed by atoms with Crippen LogP contribution in [-0.4, -0.2) is 12.9 Å². The van der Waals surface area contributed by atoms with E-state index < -0.39 is 0 Å². The van der Waals surface area contributed by atoms with Gasteiger partial charge in [-0.25, -0.2) is 0 Å². The molecule has 1 atom stereocenters. The van der Waals surface area contributed by atoms with E-state index in [2.05, 4.69) is 13.8 Å². The predicted molar refractivity (Wildman–Crippen MR) is 50.6 cm³/mol. The Labute approximate surface area is 76.3 Å². The molecule has 73 valence electrons. The van der Waals surface area contributed by atoms with Crippen molar-refractivity contribution in [1.82, 2.24) is 0 Å². The highest BCUT2D eigenvalue weighted by molar-refractivity contribution is 4.52. The Morgan fingerprint density at radius 3 is 2.42 bits per heavy atom. The molecule has 1 radical (unpaired) electrons. The highest BCUT2D eigenvalue weighted by Gasteiger charge is 2.05. The van der Waals surface area contributed by atoms with Crippen molar-refractivity contribution in [3.63, 3.8) is 0 Å². The van der Waals surface area contributed by atoms with Crippen LogP contribution in [0.25, 0.3) is 0 Å². The van der Waals surface area contributed by atoms with E-state index in [4.69, 9.17) is 9.47 Å². The standard InChI is InChI=1S/C10H21O2/c1-4-7-9-12-10(8-5-2)11-6-3/h9-10H,4-8H2,1-3H3. The van der Waals surface area contributed by atoms with Crippen LogP contribution in [0.1, 0.15) is 46.5 Å². The van der Waals surface area contributed by atoms with Gasteiger partial charge in [0.15, 0.2) is 6.29 Å². The summed E-state index contributed by atoms with van der Waals surface area (Å²) in [6.45, 7) is 8.84. The molecule has 0 aliphatic carbocycles. The highest BCUT2D eigenvalue weighted by Crippen LogP contribution is 2.07. The van der Waals surface area contributed by atoms with Gasteiger partial charge in [-0.15, -0.1) is 0 Å². The molecular weight excluding hydrogens is 152 g/mol. The lowest BCUT2D eigenvalue weighted by molar-refractivity contribution is -0.122. The summed E-state index contributed by atoms with van der Waals surface area (Å²) in [5.41, 5.74) is 0. The van der Waals surface area contributed by atoms with Gasteiger partial charge in [0.25, 0.3) is 0 Å². The first-order valence-corrected chi connectivity index (χ1v) is 4.93. The molecule has 0 saturated carbocycles. The molecule has 2 heteroatoms. The Kier molecular flexibility index (Phi) is 8.95. The molecule has 0 aromatic heterocycles. The summed E-state index contributed by atoms with van der Waals surface area (Å²) in [6.07, 6.45) is 4.20. The van der Waals surface area contributed by atoms with Crippen molar-refractivity contribution >= 4 is 0 Å². The second-order valence-electron chi connectivity index (χ2n) is 2.76. The summed E-state index contributed by atoms with van der Waals surface area (Å²) in [5.74, 6) is 0. The van der Waals surface area contributed by atoms with Crippen LogP contribution in [0.15, 0.2) is 0 Å². The zero-order valence-corrected chi connectivity index (χ0v) is 8.51. The Morgan fingerprint density at radius 1 is 1.17 bits per heavy atom. The van der Waals surface area contributed by atoms with E-state index >= 15 is 0 Å². The van der Waals surface area contributed by atoms with Crippen molar-refractivity contribution in [1.29, 1.82) is 0 Å². The number of rotatable bonds is 8. The van der Waals surface area contributed by atoms with Gasteiger partial charge in [0.05, 0.1) is 6.61 Å². The first-order valence-electron chi connectivity index (χ1n) is 4.93. The second-order valence-corrected chi connectivity index (χ2v) is 2.76. The number of hydrogen-bond donors (Lipinski definition) is 0. The Morgan fingerprint density at radius 2 is 1.92 bits per heavy atom. The fourth-order valence-electron chi connectivity index (χ4n) is 0.905. The Balaban J connectivity index is 3.34. The van der Waals surface area contributed by atoms with E-state index in [1.54, 1.807) is 0 Å². The average Bonchev–Trinajstić information content (AvgIpc) is 2.06. The molecule has 0 N–H and O–H groups in total. The van der Waals surface area contributed by atoms with Gasteiger partial charge in [0.2, 0.25) is 0 Å². The van der Waals surface area contributed by atoms with Gasteiger partial charge < -0.3 is 9.47 Å². The van der Waals surface area contributed by atoms with Gasteiger partial charge >= 0.3 is 0 Å². The molecule has 0 aliphatic heterocycles. The summed E-state index contributed by atoms with van der Waals surface area (Å²) >= 11 is 0. The van der Waals surface area contributed by atoms with Crippen molar-refractivity contribution < 1.29 is 9.47 Å². The molecule has 0 rings (SSSR count). The van der Waals surface area contributed by atoms with Crippen molar-refractivity contribution in [2.75, 3.05) is 6.61 Å². The maximum Gasteiger partial charge on any atom is 0.158 e. The van der Waals surface area contributed by atoms with Crippen molar-refractivity contribution in [2.45, 2.75) is 52.7 Å². The summed E-state index contributed by atoms with van der Waals surface area (Å²) in [7, 11) is 0. The maximum absolute atomic E-state index is 5.42. The maximum atomic E-state index is 5.42. The van der Waals surface area contributed by atoms with Crippen LogP contribution in [0, 0.1) is 6.61 Å². The zero-order valence-electron chi connectivity index (χ0n) is 8.51. The fourth-order valence-corrected chi connectivity index (χ4v) is 0.905. The van der Waals surface area contributed by atoms with Crippen LogP contribution in [0.2, 0.25) is 0 Å². The first kappa shape index (κ1) is 11.9. The molecule has 0 aromatic carbocycles. The summed E-state index contributed by atoms with van der Waals surface area (Å²) in [6, 6.07) is 0. The SMILES string of the molecule is CCC[CH]OC(CCC)OCC. The van der Waals surface area contributed by atoms with E-state index in [0.29, 0.717) is 0 Å². The minimum absolute atomic E-state index is 0.0217. The summed E-state index contributed by atoms with van der Waals surface area (Å²) in [4.78, 5) is 0. The third kappa shape index (κ3) is 6.62. The smallest absolute Gasteiger partial charge is 0.158 e. The van der Waals surface area contributed by atoms with E-state index in [1.165, 1.54) is 0 Å². The third-order valence-electron chi connectivity index (χ3n) is 1.53. The van der Waals surface area contributed by atoms with Gasteiger partial charge in [-0.05, 0) is 19.8 Å². The van der Waals surface area contributed by atoms with E-state index in [1.807, 2.05) is 13.5 Å². The molecule has 0 bridgehead atoms. The van der Waals surface area contributed by atoms with E-state index in [9.17, 15) is 0 Å². The van der Waals surface area contributed by atoms with Crippen LogP contribution >= 0.6 is 0 Å². The van der Waals surface area contributed by atoms with Crippen LogP contribution < -0.4 is 0 Å². The van der Waals surface area contributed by atoms with Crippen LogP contribution in [-0.2, 0) is 9.47 Å². The summed E-state index contributed by atoms with van der Waals surface area (Å²) < 4.78 is 10.8. The highest BCUT2D eigenvalue weighted by atomic mass is 16.7. The van der Waals surface area contributed by atoms with Crippen molar-refractivity contribution in [2.24, 2.45) is 0 Å². The minimum Gasteiger partial charge on any atom is -0.353 e. The van der Waals surface area contributed by atoms with Gasteiger partial charge in [-0.1, -0.05) is 26.7 Å². The number of unbranched alkanes of at least 4 members (excludes halogenated alkanes) is 1. The Hall–Kier alpha value is -0.0800. The lowest BCUT2D eigenvalue weighted by Crippen LogP contribution is -2.15. The van der Waals surface area contributed by atoms with Crippen molar-refractivity contribution in [3.05, 3.63) is 6.61 Å².